The second kappa shape index (κ2) is 6.96. The molecule has 1 aliphatic heterocycles. The highest BCUT2D eigenvalue weighted by Crippen LogP contribution is 2.32. The van der Waals surface area contributed by atoms with Crippen LogP contribution in [0.25, 0.3) is 33.7 Å². The van der Waals surface area contributed by atoms with Gasteiger partial charge in [0.05, 0.1) is 11.8 Å². The van der Waals surface area contributed by atoms with Crippen molar-refractivity contribution < 1.29 is 4.42 Å². The van der Waals surface area contributed by atoms with Gasteiger partial charge in [0.25, 0.3) is 0 Å². The van der Waals surface area contributed by atoms with E-state index in [1.165, 1.54) is 24.9 Å². The number of hydrogen-bond acceptors (Lipinski definition) is 6. The number of rotatable bonds is 3. The number of benzene rings is 1. The molecule has 4 aromatic rings. The molecule has 2 N–H and O–H groups in total. The van der Waals surface area contributed by atoms with Gasteiger partial charge in [-0.3, -0.25) is 4.98 Å². The van der Waals surface area contributed by atoms with E-state index in [2.05, 4.69) is 44.1 Å². The van der Waals surface area contributed by atoms with Crippen molar-refractivity contribution >= 4 is 22.6 Å². The molecule has 3 aromatic heterocycles. The van der Waals surface area contributed by atoms with Gasteiger partial charge in [-0.2, -0.15) is 0 Å². The molecule has 1 aromatic carbocycles. The number of nitrogen functional groups attached to an aromatic ring is 1. The number of nitrogens with two attached hydrogens (primary N) is 1. The normalized spacial score (nSPS) is 14.5. The van der Waals surface area contributed by atoms with Crippen molar-refractivity contribution in [1.29, 1.82) is 0 Å². The number of anilines is 2. The van der Waals surface area contributed by atoms with E-state index in [4.69, 9.17) is 10.2 Å². The smallest absolute Gasteiger partial charge is 0.231 e. The summed E-state index contributed by atoms with van der Waals surface area (Å²) in [7, 11) is 0. The molecule has 0 unspecified atom stereocenters. The Balaban J connectivity index is 1.54. The maximum absolute atomic E-state index is 6.13. The van der Waals surface area contributed by atoms with Gasteiger partial charge in [-0.15, -0.1) is 0 Å². The third-order valence-electron chi connectivity index (χ3n) is 5.24. The summed E-state index contributed by atoms with van der Waals surface area (Å²) in [5, 5.41) is 0. The monoisotopic (exact) mass is 371 g/mol. The summed E-state index contributed by atoms with van der Waals surface area (Å²) in [6.07, 6.45) is 8.98. The highest BCUT2D eigenvalue weighted by Gasteiger charge is 2.15. The van der Waals surface area contributed by atoms with Crippen LogP contribution in [0.15, 0.2) is 59.4 Å². The van der Waals surface area contributed by atoms with Crippen LogP contribution in [0.5, 0.6) is 0 Å². The average molecular weight is 371 g/mol. The van der Waals surface area contributed by atoms with Gasteiger partial charge in [0, 0.05) is 36.7 Å². The van der Waals surface area contributed by atoms with Crippen molar-refractivity contribution in [2.45, 2.75) is 19.3 Å². The van der Waals surface area contributed by atoms with Crippen molar-refractivity contribution in [2.24, 2.45) is 0 Å². The quantitative estimate of drug-likeness (QED) is 0.570. The minimum atomic E-state index is 0.399. The van der Waals surface area contributed by atoms with Crippen molar-refractivity contribution in [3.05, 3.63) is 55.0 Å². The minimum Gasteiger partial charge on any atom is -0.434 e. The van der Waals surface area contributed by atoms with Crippen LogP contribution in [0.3, 0.4) is 0 Å². The number of fused-ring (bicyclic) bond motifs is 1. The van der Waals surface area contributed by atoms with Crippen LogP contribution in [0.2, 0.25) is 0 Å². The van der Waals surface area contributed by atoms with Gasteiger partial charge in [0.1, 0.15) is 11.3 Å². The van der Waals surface area contributed by atoms with Gasteiger partial charge in [-0.1, -0.05) is 12.1 Å². The second-order valence-electron chi connectivity index (χ2n) is 7.12. The topological polar surface area (TPSA) is 81.1 Å². The molecule has 0 radical (unpaired) electrons. The Hall–Kier alpha value is -3.41. The molecule has 4 heterocycles. The Bertz CT molecular complexity index is 1100. The lowest BCUT2D eigenvalue weighted by Crippen LogP contribution is -2.29. The van der Waals surface area contributed by atoms with Crippen LogP contribution in [0, 0.1) is 0 Å². The summed E-state index contributed by atoms with van der Waals surface area (Å²) in [4.78, 5) is 15.5. The summed E-state index contributed by atoms with van der Waals surface area (Å²) in [5.74, 6) is 0.859. The lowest BCUT2D eigenvalue weighted by molar-refractivity contribution is 0.578. The van der Waals surface area contributed by atoms with Gasteiger partial charge in [-0.25, -0.2) is 9.97 Å². The Kier molecular flexibility index (Phi) is 4.16. The summed E-state index contributed by atoms with van der Waals surface area (Å²) >= 11 is 0. The van der Waals surface area contributed by atoms with Crippen molar-refractivity contribution in [3.63, 3.8) is 0 Å². The first-order valence-corrected chi connectivity index (χ1v) is 9.60. The summed E-state index contributed by atoms with van der Waals surface area (Å²) in [6, 6.07) is 12.4. The molecule has 5 rings (SSSR count). The van der Waals surface area contributed by atoms with Gasteiger partial charge in [0.2, 0.25) is 5.89 Å². The molecule has 0 bridgehead atoms. The number of aromatic nitrogens is 3. The molecular formula is C22H21N5O. The minimum absolute atomic E-state index is 0.399. The van der Waals surface area contributed by atoms with E-state index in [0.717, 1.165) is 29.7 Å². The van der Waals surface area contributed by atoms with E-state index in [1.54, 1.807) is 18.6 Å². The largest absolute Gasteiger partial charge is 0.434 e. The molecule has 0 atom stereocenters. The number of hydrogen-bond donors (Lipinski definition) is 1. The molecule has 140 valence electrons. The number of pyridine rings is 2. The van der Waals surface area contributed by atoms with Crippen LogP contribution in [0.1, 0.15) is 19.3 Å². The SMILES string of the molecule is Nc1ncc(-c2cccc(N3CCCCC3)c2)cc1-c1nc2ccncc2o1. The van der Waals surface area contributed by atoms with Crippen molar-refractivity contribution in [2.75, 3.05) is 23.7 Å². The first kappa shape index (κ1) is 16.7. The number of nitrogens with zero attached hydrogens (tertiary/aromatic N) is 4. The zero-order chi connectivity index (χ0) is 18.9. The Morgan fingerprint density at radius 1 is 0.964 bits per heavy atom. The molecule has 0 saturated carbocycles. The highest BCUT2D eigenvalue weighted by molar-refractivity contribution is 5.81. The molecule has 0 spiro atoms. The fourth-order valence-electron chi connectivity index (χ4n) is 3.73. The number of oxazole rings is 1. The van der Waals surface area contributed by atoms with E-state index in [9.17, 15) is 0 Å². The third-order valence-corrected chi connectivity index (χ3v) is 5.24. The lowest BCUT2D eigenvalue weighted by Gasteiger charge is -2.29. The first-order valence-electron chi connectivity index (χ1n) is 9.60. The van der Waals surface area contributed by atoms with Gasteiger partial charge in [-0.05, 0) is 49.1 Å². The summed E-state index contributed by atoms with van der Waals surface area (Å²) in [5.41, 5.74) is 11.6. The van der Waals surface area contributed by atoms with E-state index >= 15 is 0 Å². The summed E-state index contributed by atoms with van der Waals surface area (Å²) < 4.78 is 5.84. The van der Waals surface area contributed by atoms with Crippen LogP contribution in [-0.2, 0) is 0 Å². The molecule has 1 saturated heterocycles. The fourth-order valence-corrected chi connectivity index (χ4v) is 3.73. The molecule has 28 heavy (non-hydrogen) atoms. The molecule has 6 nitrogen and oxygen atoms in total. The Morgan fingerprint density at radius 2 is 1.86 bits per heavy atom. The van der Waals surface area contributed by atoms with Crippen molar-refractivity contribution in [3.8, 4) is 22.6 Å². The molecule has 1 aliphatic rings. The van der Waals surface area contributed by atoms with Crippen LogP contribution in [0.4, 0.5) is 11.5 Å². The predicted molar refractivity (Wildman–Crippen MR) is 111 cm³/mol. The number of piperidine rings is 1. The molecule has 6 heteroatoms. The fraction of sp³-hybridized carbons (Fsp3) is 0.227. The molecular weight excluding hydrogens is 350 g/mol. The van der Waals surface area contributed by atoms with E-state index in [-0.39, 0.29) is 0 Å². The zero-order valence-corrected chi connectivity index (χ0v) is 15.5. The Morgan fingerprint density at radius 3 is 2.71 bits per heavy atom. The standard InChI is InChI=1S/C22H21N5O/c23-21-18(22-26-19-7-8-24-14-20(19)28-22)12-16(13-25-21)15-5-4-6-17(11-15)27-9-2-1-3-10-27/h4-8,11-14H,1-3,9-10H2,(H2,23,25). The maximum Gasteiger partial charge on any atom is 0.231 e. The predicted octanol–water partition coefficient (Wildman–Crippen LogP) is 4.52. The van der Waals surface area contributed by atoms with E-state index in [1.807, 2.05) is 12.1 Å². The highest BCUT2D eigenvalue weighted by atomic mass is 16.3. The lowest BCUT2D eigenvalue weighted by atomic mass is 10.0. The van der Waals surface area contributed by atoms with Crippen LogP contribution in [-0.4, -0.2) is 28.0 Å². The molecule has 1 fully saturated rings. The van der Waals surface area contributed by atoms with Gasteiger partial charge >= 0.3 is 0 Å². The van der Waals surface area contributed by atoms with Gasteiger partial charge in [0.15, 0.2) is 5.58 Å². The van der Waals surface area contributed by atoms with E-state index < -0.39 is 0 Å². The second-order valence-corrected chi connectivity index (χ2v) is 7.12. The van der Waals surface area contributed by atoms with Crippen LogP contribution >= 0.6 is 0 Å². The van der Waals surface area contributed by atoms with Crippen LogP contribution < -0.4 is 10.6 Å². The zero-order valence-electron chi connectivity index (χ0n) is 15.5. The average Bonchev–Trinajstić information content (AvgIpc) is 3.19. The summed E-state index contributed by atoms with van der Waals surface area (Å²) in [6.45, 7) is 2.23. The first-order chi connectivity index (χ1) is 13.8. The Labute approximate surface area is 163 Å². The molecule has 0 aliphatic carbocycles. The third kappa shape index (κ3) is 3.07. The maximum atomic E-state index is 6.13. The van der Waals surface area contributed by atoms with Crippen molar-refractivity contribution in [1.82, 2.24) is 15.0 Å². The van der Waals surface area contributed by atoms with E-state index in [0.29, 0.717) is 22.9 Å². The van der Waals surface area contributed by atoms with Gasteiger partial charge < -0.3 is 15.1 Å². The molecule has 0 amide bonds.